The first-order chi connectivity index (χ1) is 20.1. The van der Waals surface area contributed by atoms with E-state index < -0.39 is 53.1 Å². The van der Waals surface area contributed by atoms with E-state index in [1.807, 2.05) is 30.3 Å². The Bertz CT molecular complexity index is 1490. The largest absolute Gasteiger partial charge is 0.457 e. The van der Waals surface area contributed by atoms with Gasteiger partial charge in [0.15, 0.2) is 5.78 Å². The molecule has 1 amide bonds. The van der Waals surface area contributed by atoms with Crippen LogP contribution in [0.25, 0.3) is 0 Å². The highest BCUT2D eigenvalue weighted by Crippen LogP contribution is 2.32. The highest BCUT2D eigenvalue weighted by Gasteiger charge is 2.35. The van der Waals surface area contributed by atoms with Crippen LogP contribution in [-0.4, -0.2) is 24.3 Å². The van der Waals surface area contributed by atoms with E-state index in [0.29, 0.717) is 23.1 Å². The highest BCUT2D eigenvalue weighted by molar-refractivity contribution is 5.91. The molecule has 0 aromatic heterocycles. The molecule has 10 heteroatoms. The predicted octanol–water partition coefficient (Wildman–Crippen LogP) is 6.83. The molecule has 1 unspecified atom stereocenters. The number of carbonyl (C=O) groups is 2. The molecule has 0 saturated carbocycles. The molecule has 0 radical (unpaired) electrons. The van der Waals surface area contributed by atoms with E-state index in [9.17, 15) is 31.5 Å². The molecule has 4 aromatic rings. The first-order valence-corrected chi connectivity index (χ1v) is 12.9. The van der Waals surface area contributed by atoms with Crippen molar-refractivity contribution in [2.24, 2.45) is 0 Å². The minimum absolute atomic E-state index is 0.103. The van der Waals surface area contributed by atoms with Crippen molar-refractivity contribution < 1.29 is 41.0 Å². The van der Waals surface area contributed by atoms with Gasteiger partial charge < -0.3 is 14.8 Å². The van der Waals surface area contributed by atoms with Crippen LogP contribution in [0.2, 0.25) is 0 Å². The summed E-state index contributed by atoms with van der Waals surface area (Å²) in [4.78, 5) is 26.0. The van der Waals surface area contributed by atoms with Crippen LogP contribution in [0.1, 0.15) is 22.3 Å². The van der Waals surface area contributed by atoms with Gasteiger partial charge in [0, 0.05) is 6.42 Å². The number of amides is 1. The number of ether oxygens (including phenoxy) is 2. The van der Waals surface area contributed by atoms with Crippen molar-refractivity contribution in [3.63, 3.8) is 0 Å². The molecule has 1 N–H and O–H groups in total. The Morgan fingerprint density at radius 1 is 0.738 bits per heavy atom. The van der Waals surface area contributed by atoms with Crippen molar-refractivity contribution in [1.29, 1.82) is 0 Å². The fourth-order valence-electron chi connectivity index (χ4n) is 4.08. The molecule has 0 bridgehead atoms. The third-order valence-corrected chi connectivity index (χ3v) is 6.21. The van der Waals surface area contributed by atoms with Gasteiger partial charge in [-0.15, -0.1) is 0 Å². The maximum Gasteiger partial charge on any atom is 0.419 e. The second-order valence-corrected chi connectivity index (χ2v) is 9.42. The number of nitrogens with one attached hydrogen (secondary N) is 1. The molecular formula is C32H26F5NO4. The van der Waals surface area contributed by atoms with Gasteiger partial charge in [0.2, 0.25) is 5.91 Å². The minimum atomic E-state index is -4.92. The Kier molecular flexibility index (Phi) is 10.0. The minimum Gasteiger partial charge on any atom is -0.457 e. The summed E-state index contributed by atoms with van der Waals surface area (Å²) in [6.07, 6.45) is -5.72. The Morgan fingerprint density at radius 2 is 1.38 bits per heavy atom. The van der Waals surface area contributed by atoms with Crippen LogP contribution in [-0.2, 0) is 40.0 Å². The van der Waals surface area contributed by atoms with E-state index >= 15 is 0 Å². The van der Waals surface area contributed by atoms with Gasteiger partial charge in [0.1, 0.15) is 29.2 Å². The molecule has 0 fully saturated rings. The quantitative estimate of drug-likeness (QED) is 0.186. The van der Waals surface area contributed by atoms with E-state index in [-0.39, 0.29) is 19.6 Å². The van der Waals surface area contributed by atoms with Gasteiger partial charge in [-0.25, -0.2) is 8.78 Å². The first-order valence-electron chi connectivity index (χ1n) is 12.9. The lowest BCUT2D eigenvalue weighted by Crippen LogP contribution is -2.45. The van der Waals surface area contributed by atoms with Gasteiger partial charge in [0.05, 0.1) is 25.2 Å². The van der Waals surface area contributed by atoms with E-state index in [1.165, 1.54) is 24.3 Å². The van der Waals surface area contributed by atoms with Crippen molar-refractivity contribution >= 4 is 11.7 Å². The zero-order valence-corrected chi connectivity index (χ0v) is 22.2. The summed E-state index contributed by atoms with van der Waals surface area (Å²) in [7, 11) is 0. The number of Topliss-reactive ketones (excluding diaryl/α,β-unsaturated/α-hetero) is 1. The van der Waals surface area contributed by atoms with Gasteiger partial charge in [0.25, 0.3) is 0 Å². The zero-order chi connectivity index (χ0) is 30.1. The molecule has 218 valence electrons. The summed E-state index contributed by atoms with van der Waals surface area (Å²) in [5.74, 6) is -2.31. The van der Waals surface area contributed by atoms with E-state index in [1.54, 1.807) is 24.3 Å². The Morgan fingerprint density at radius 3 is 2.02 bits per heavy atom. The Labute approximate surface area is 238 Å². The summed E-state index contributed by atoms with van der Waals surface area (Å²) in [6, 6.07) is 22.7. The van der Waals surface area contributed by atoms with Gasteiger partial charge in [-0.05, 0) is 59.2 Å². The second kappa shape index (κ2) is 13.9. The van der Waals surface area contributed by atoms with E-state index in [4.69, 9.17) is 9.47 Å². The van der Waals surface area contributed by atoms with Gasteiger partial charge in [-0.1, -0.05) is 54.6 Å². The monoisotopic (exact) mass is 583 g/mol. The molecule has 0 heterocycles. The molecule has 42 heavy (non-hydrogen) atoms. The summed E-state index contributed by atoms with van der Waals surface area (Å²) in [6.45, 7) is -0.0610. The molecule has 0 aliphatic rings. The predicted molar refractivity (Wildman–Crippen MR) is 145 cm³/mol. The van der Waals surface area contributed by atoms with Crippen LogP contribution < -0.4 is 10.1 Å². The molecule has 4 aromatic carbocycles. The number of carbonyl (C=O) groups excluding carboxylic acids is 2. The second-order valence-electron chi connectivity index (χ2n) is 9.42. The van der Waals surface area contributed by atoms with Gasteiger partial charge in [-0.2, -0.15) is 13.2 Å². The smallest absolute Gasteiger partial charge is 0.419 e. The van der Waals surface area contributed by atoms with Gasteiger partial charge >= 0.3 is 6.18 Å². The standard InChI is InChI=1S/C32H26F5NO4/c33-24-11-15-26(16-12-24)42-25-13-9-21(10-14-25)17-29(39)28(20-41-19-22-5-2-1-3-6-22)38-30(40)18-23-7-4-8-27(31(23)34)32(35,36)37/h1-16,28H,17-20H2,(H,38,40). The van der Waals surface area contributed by atoms with Crippen molar-refractivity contribution in [3.8, 4) is 11.5 Å². The molecule has 0 aliphatic heterocycles. The fraction of sp³-hybridized carbons (Fsp3) is 0.188. The van der Waals surface area contributed by atoms with Crippen LogP contribution >= 0.6 is 0 Å². The maximum absolute atomic E-state index is 14.5. The van der Waals surface area contributed by atoms with Crippen LogP contribution in [0, 0.1) is 11.6 Å². The molecule has 0 aliphatic carbocycles. The van der Waals surface area contributed by atoms with Crippen LogP contribution in [0.15, 0.2) is 97.1 Å². The number of benzene rings is 4. The lowest BCUT2D eigenvalue weighted by molar-refractivity contribution is -0.140. The molecule has 0 spiro atoms. The zero-order valence-electron chi connectivity index (χ0n) is 22.2. The molecule has 0 saturated heterocycles. The third-order valence-electron chi connectivity index (χ3n) is 6.21. The third kappa shape index (κ3) is 8.71. The number of alkyl halides is 3. The normalized spacial score (nSPS) is 12.0. The summed E-state index contributed by atoms with van der Waals surface area (Å²) >= 11 is 0. The summed E-state index contributed by atoms with van der Waals surface area (Å²) in [5, 5.41) is 2.49. The lowest BCUT2D eigenvalue weighted by atomic mass is 10.0. The molecule has 5 nitrogen and oxygen atoms in total. The number of hydrogen-bond acceptors (Lipinski definition) is 4. The average Bonchev–Trinajstić information content (AvgIpc) is 2.96. The van der Waals surface area contributed by atoms with Crippen molar-refractivity contribution in [2.45, 2.75) is 31.7 Å². The Hall–Kier alpha value is -4.57. The average molecular weight is 584 g/mol. The summed E-state index contributed by atoms with van der Waals surface area (Å²) in [5.41, 5.74) is -0.496. The van der Waals surface area contributed by atoms with Gasteiger partial charge in [-0.3, -0.25) is 9.59 Å². The molecule has 1 atom stereocenters. The number of ketones is 1. The molecular weight excluding hydrogens is 557 g/mol. The van der Waals surface area contributed by atoms with Crippen LogP contribution in [0.4, 0.5) is 22.0 Å². The number of rotatable bonds is 12. The number of hydrogen-bond donors (Lipinski definition) is 1. The van der Waals surface area contributed by atoms with Crippen LogP contribution in [0.3, 0.4) is 0 Å². The van der Waals surface area contributed by atoms with Crippen molar-refractivity contribution in [3.05, 3.63) is 131 Å². The highest BCUT2D eigenvalue weighted by atomic mass is 19.4. The van der Waals surface area contributed by atoms with E-state index in [2.05, 4.69) is 5.32 Å². The number of halogens is 5. The lowest BCUT2D eigenvalue weighted by Gasteiger charge is -2.19. The topological polar surface area (TPSA) is 64.6 Å². The fourth-order valence-corrected chi connectivity index (χ4v) is 4.08. The van der Waals surface area contributed by atoms with E-state index in [0.717, 1.165) is 17.7 Å². The molecule has 4 rings (SSSR count). The van der Waals surface area contributed by atoms with Crippen molar-refractivity contribution in [2.75, 3.05) is 6.61 Å². The first kappa shape index (κ1) is 30.4. The SMILES string of the molecule is O=C(Cc1cccc(C(F)(F)F)c1F)NC(COCc1ccccc1)C(=O)Cc1ccc(Oc2ccc(F)cc2)cc1. The van der Waals surface area contributed by atoms with Crippen molar-refractivity contribution in [1.82, 2.24) is 5.32 Å². The Balaban J connectivity index is 1.43. The van der Waals surface area contributed by atoms with Crippen LogP contribution in [0.5, 0.6) is 11.5 Å². The summed E-state index contributed by atoms with van der Waals surface area (Å²) < 4.78 is 78.2. The maximum atomic E-state index is 14.5.